The van der Waals surface area contributed by atoms with E-state index in [1.54, 1.807) is 11.3 Å². The summed E-state index contributed by atoms with van der Waals surface area (Å²) in [5, 5.41) is 0. The Bertz CT molecular complexity index is 291. The van der Waals surface area contributed by atoms with E-state index >= 15 is 0 Å². The van der Waals surface area contributed by atoms with Crippen LogP contribution in [0.4, 0.5) is 0 Å². The molecule has 2 N–H and O–H groups in total. The summed E-state index contributed by atoms with van der Waals surface area (Å²) in [6, 6.07) is 0.165. The molecule has 0 aliphatic rings. The predicted molar refractivity (Wildman–Crippen MR) is 70.8 cm³/mol. The summed E-state index contributed by atoms with van der Waals surface area (Å²) < 4.78 is 0. The number of aromatic nitrogens is 1. The second-order valence-corrected chi connectivity index (χ2v) is 5.45. The van der Waals surface area contributed by atoms with Gasteiger partial charge >= 0.3 is 0 Å². The van der Waals surface area contributed by atoms with E-state index in [0.29, 0.717) is 0 Å². The molecule has 0 aromatic carbocycles. The number of nitrogens with two attached hydrogens (primary N) is 1. The normalized spacial score (nSPS) is 14.4. The molecule has 0 saturated carbocycles. The number of hydrogen-bond donors (Lipinski definition) is 1. The van der Waals surface area contributed by atoms with Gasteiger partial charge in [0.1, 0.15) is 0 Å². The van der Waals surface area contributed by atoms with Crippen LogP contribution in [0.15, 0.2) is 11.7 Å². The minimum absolute atomic E-state index is 0.101. The highest BCUT2D eigenvalue weighted by Gasteiger charge is 2.35. The van der Waals surface area contributed by atoms with Crippen LogP contribution in [0.3, 0.4) is 0 Å². The maximum atomic E-state index is 6.40. The maximum absolute atomic E-state index is 6.40. The Balaban J connectivity index is 2.78. The number of thiazole rings is 1. The van der Waals surface area contributed by atoms with E-state index in [1.807, 2.05) is 11.7 Å². The topological polar surface area (TPSA) is 42.1 Å². The zero-order valence-electron chi connectivity index (χ0n) is 10.7. The third kappa shape index (κ3) is 2.62. The summed E-state index contributed by atoms with van der Waals surface area (Å²) in [6.45, 7) is 4.44. The quantitative estimate of drug-likeness (QED) is 0.829. The van der Waals surface area contributed by atoms with Crippen molar-refractivity contribution in [2.24, 2.45) is 5.73 Å². The van der Waals surface area contributed by atoms with Crippen LogP contribution in [-0.2, 0) is 6.42 Å². The van der Waals surface area contributed by atoms with Gasteiger partial charge in [0.25, 0.3) is 0 Å². The smallest absolute Gasteiger partial charge is 0.0794 e. The molecular formula is C12H23N3S. The van der Waals surface area contributed by atoms with Gasteiger partial charge in [-0.3, -0.25) is 4.98 Å². The highest BCUT2D eigenvalue weighted by atomic mass is 32.1. The van der Waals surface area contributed by atoms with Gasteiger partial charge in [-0.1, -0.05) is 13.8 Å². The van der Waals surface area contributed by atoms with E-state index in [2.05, 4.69) is 37.8 Å². The highest BCUT2D eigenvalue weighted by Crippen LogP contribution is 2.27. The van der Waals surface area contributed by atoms with Crippen molar-refractivity contribution in [2.45, 2.75) is 44.7 Å². The Kier molecular flexibility index (Phi) is 4.89. The van der Waals surface area contributed by atoms with Crippen molar-refractivity contribution in [3.63, 3.8) is 0 Å². The summed E-state index contributed by atoms with van der Waals surface area (Å²) in [6.07, 6.45) is 5.01. The predicted octanol–water partition coefficient (Wildman–Crippen LogP) is 2.13. The molecule has 0 fully saturated rings. The molecule has 0 aliphatic heterocycles. The monoisotopic (exact) mass is 241 g/mol. The average Bonchev–Trinajstić information content (AvgIpc) is 2.72. The van der Waals surface area contributed by atoms with E-state index in [0.717, 1.165) is 19.3 Å². The van der Waals surface area contributed by atoms with E-state index in [4.69, 9.17) is 5.73 Å². The van der Waals surface area contributed by atoms with E-state index in [9.17, 15) is 0 Å². The lowest BCUT2D eigenvalue weighted by molar-refractivity contribution is 0.106. The molecule has 0 bridgehead atoms. The summed E-state index contributed by atoms with van der Waals surface area (Å²) in [5.41, 5.74) is 8.38. The fourth-order valence-corrected chi connectivity index (χ4v) is 3.14. The van der Waals surface area contributed by atoms with Crippen molar-refractivity contribution in [3.05, 3.63) is 16.6 Å². The molecule has 16 heavy (non-hydrogen) atoms. The number of likely N-dealkylation sites (N-methyl/N-ethyl adjacent to an activating group) is 1. The first-order valence-corrected chi connectivity index (χ1v) is 6.75. The van der Waals surface area contributed by atoms with E-state index in [1.165, 1.54) is 4.88 Å². The molecule has 1 unspecified atom stereocenters. The molecule has 1 aromatic heterocycles. The molecule has 1 heterocycles. The van der Waals surface area contributed by atoms with Crippen LogP contribution < -0.4 is 5.73 Å². The Morgan fingerprint density at radius 1 is 1.44 bits per heavy atom. The number of rotatable bonds is 6. The molecule has 0 saturated heterocycles. The van der Waals surface area contributed by atoms with Gasteiger partial charge in [0.05, 0.1) is 5.51 Å². The number of hydrogen-bond acceptors (Lipinski definition) is 4. The van der Waals surface area contributed by atoms with Crippen LogP contribution in [0.2, 0.25) is 0 Å². The molecule has 1 rings (SSSR count). The molecule has 3 nitrogen and oxygen atoms in total. The molecule has 4 heteroatoms. The SMILES string of the molecule is CCC(CC)(C(N)Cc1cncs1)N(C)C. The minimum atomic E-state index is 0.101. The summed E-state index contributed by atoms with van der Waals surface area (Å²) in [4.78, 5) is 7.66. The van der Waals surface area contributed by atoms with Crippen molar-refractivity contribution in [3.8, 4) is 0 Å². The first-order valence-electron chi connectivity index (χ1n) is 5.87. The molecule has 0 amide bonds. The van der Waals surface area contributed by atoms with Gasteiger partial charge < -0.3 is 10.6 Å². The molecule has 0 radical (unpaired) electrons. The molecule has 0 spiro atoms. The van der Waals surface area contributed by atoms with Crippen molar-refractivity contribution in [1.82, 2.24) is 9.88 Å². The van der Waals surface area contributed by atoms with Crippen molar-refractivity contribution in [2.75, 3.05) is 14.1 Å². The molecule has 0 aliphatic carbocycles. The largest absolute Gasteiger partial charge is 0.326 e. The van der Waals surface area contributed by atoms with Crippen molar-refractivity contribution < 1.29 is 0 Å². The van der Waals surface area contributed by atoms with Crippen LogP contribution in [0.25, 0.3) is 0 Å². The van der Waals surface area contributed by atoms with Crippen LogP contribution >= 0.6 is 11.3 Å². The molecule has 1 atom stereocenters. The van der Waals surface area contributed by atoms with E-state index < -0.39 is 0 Å². The van der Waals surface area contributed by atoms with Crippen molar-refractivity contribution >= 4 is 11.3 Å². The van der Waals surface area contributed by atoms with Crippen molar-refractivity contribution in [1.29, 1.82) is 0 Å². The van der Waals surface area contributed by atoms with Gasteiger partial charge in [-0.05, 0) is 26.9 Å². The first kappa shape index (κ1) is 13.6. The second kappa shape index (κ2) is 5.75. The number of nitrogens with zero attached hydrogens (tertiary/aromatic N) is 2. The van der Waals surface area contributed by atoms with Gasteiger partial charge in [0.2, 0.25) is 0 Å². The Morgan fingerprint density at radius 2 is 2.06 bits per heavy atom. The summed E-state index contributed by atoms with van der Waals surface area (Å²) >= 11 is 1.69. The highest BCUT2D eigenvalue weighted by molar-refractivity contribution is 7.09. The van der Waals surface area contributed by atoms with Gasteiger partial charge in [0, 0.05) is 29.1 Å². The van der Waals surface area contributed by atoms with Gasteiger partial charge in [0.15, 0.2) is 0 Å². The Hall–Kier alpha value is -0.450. The Labute approximate surface area is 103 Å². The van der Waals surface area contributed by atoms with Crippen LogP contribution in [0.1, 0.15) is 31.6 Å². The Morgan fingerprint density at radius 3 is 2.44 bits per heavy atom. The lowest BCUT2D eigenvalue weighted by Crippen LogP contribution is -2.57. The van der Waals surface area contributed by atoms with Gasteiger partial charge in [-0.25, -0.2) is 0 Å². The van der Waals surface area contributed by atoms with Crippen LogP contribution in [0.5, 0.6) is 0 Å². The third-order valence-corrected chi connectivity index (χ3v) is 4.51. The lowest BCUT2D eigenvalue weighted by Gasteiger charge is -2.43. The fourth-order valence-electron chi connectivity index (χ4n) is 2.49. The fraction of sp³-hybridized carbons (Fsp3) is 0.750. The third-order valence-electron chi connectivity index (χ3n) is 3.71. The second-order valence-electron chi connectivity index (χ2n) is 4.48. The molecule has 1 aromatic rings. The maximum Gasteiger partial charge on any atom is 0.0794 e. The summed E-state index contributed by atoms with van der Waals surface area (Å²) in [7, 11) is 4.25. The van der Waals surface area contributed by atoms with E-state index in [-0.39, 0.29) is 11.6 Å². The standard InChI is InChI=1S/C12H23N3S/c1-5-12(6-2,15(3)4)11(13)7-10-8-14-9-16-10/h8-9,11H,5-7,13H2,1-4H3. The zero-order chi connectivity index (χ0) is 12.2. The van der Waals surface area contributed by atoms with Gasteiger partial charge in [-0.15, -0.1) is 11.3 Å². The van der Waals surface area contributed by atoms with Gasteiger partial charge in [-0.2, -0.15) is 0 Å². The summed E-state index contributed by atoms with van der Waals surface area (Å²) in [5.74, 6) is 0. The minimum Gasteiger partial charge on any atom is -0.326 e. The molecular weight excluding hydrogens is 218 g/mol. The zero-order valence-corrected chi connectivity index (χ0v) is 11.5. The molecule has 92 valence electrons. The lowest BCUT2D eigenvalue weighted by atomic mass is 9.82. The first-order chi connectivity index (χ1) is 7.56. The average molecular weight is 241 g/mol. The van der Waals surface area contributed by atoms with Crippen LogP contribution in [0, 0.1) is 0 Å². The van der Waals surface area contributed by atoms with Crippen LogP contribution in [-0.4, -0.2) is 35.6 Å².